The zero-order chi connectivity index (χ0) is 15.4. The molecule has 0 rings (SSSR count). The summed E-state index contributed by atoms with van der Waals surface area (Å²) in [5.41, 5.74) is 0. The molecule has 0 aliphatic rings. The van der Waals surface area contributed by atoms with Crippen LogP contribution in [-0.4, -0.2) is 47.8 Å². The Labute approximate surface area is 124 Å². The van der Waals surface area contributed by atoms with Crippen LogP contribution in [0.15, 0.2) is 0 Å². The number of hydrogen-bond acceptors (Lipinski definition) is 2. The van der Waals surface area contributed by atoms with E-state index in [1.807, 2.05) is 37.5 Å². The summed E-state index contributed by atoms with van der Waals surface area (Å²) in [4.78, 5) is 27.3. The lowest BCUT2D eigenvalue weighted by molar-refractivity contribution is -0.132. The van der Waals surface area contributed by atoms with Crippen LogP contribution in [0.5, 0.6) is 0 Å². The minimum Gasteiger partial charge on any atom is -0.343 e. The summed E-state index contributed by atoms with van der Waals surface area (Å²) in [7, 11) is 0. The maximum Gasteiger partial charge on any atom is 0.222 e. The van der Waals surface area contributed by atoms with Crippen LogP contribution in [0.4, 0.5) is 0 Å². The molecule has 0 unspecified atom stereocenters. The van der Waals surface area contributed by atoms with Crippen molar-refractivity contribution in [3.05, 3.63) is 0 Å². The quantitative estimate of drug-likeness (QED) is 0.547. The van der Waals surface area contributed by atoms with Gasteiger partial charge in [0.2, 0.25) is 11.8 Å². The highest BCUT2D eigenvalue weighted by atomic mass is 16.2. The molecule has 0 N–H and O–H groups in total. The Morgan fingerprint density at radius 1 is 0.600 bits per heavy atom. The molecular formula is C16H32N2O2. The standard InChI is InChI=1S/C16H32N2O2/c1-5-17(6-2)15(19)13-11-9-10-12-14-16(20)18(7-3)8-4/h5-14H2,1-4H3. The van der Waals surface area contributed by atoms with Gasteiger partial charge in [-0.2, -0.15) is 0 Å². The molecule has 4 nitrogen and oxygen atoms in total. The van der Waals surface area contributed by atoms with Gasteiger partial charge in [0.05, 0.1) is 0 Å². The molecule has 0 aromatic rings. The number of nitrogens with zero attached hydrogens (tertiary/aromatic N) is 2. The van der Waals surface area contributed by atoms with Gasteiger partial charge in [0.15, 0.2) is 0 Å². The second-order valence-electron chi connectivity index (χ2n) is 5.05. The first-order valence-corrected chi connectivity index (χ1v) is 8.16. The smallest absolute Gasteiger partial charge is 0.222 e. The largest absolute Gasteiger partial charge is 0.343 e. The molecule has 0 aromatic carbocycles. The van der Waals surface area contributed by atoms with Crippen molar-refractivity contribution in [3.8, 4) is 0 Å². The maximum atomic E-state index is 11.8. The Kier molecular flexibility index (Phi) is 11.1. The fourth-order valence-electron chi connectivity index (χ4n) is 2.37. The van der Waals surface area contributed by atoms with Gasteiger partial charge in [0.25, 0.3) is 0 Å². The molecule has 0 atom stereocenters. The van der Waals surface area contributed by atoms with E-state index in [-0.39, 0.29) is 11.8 Å². The van der Waals surface area contributed by atoms with Gasteiger partial charge in [-0.1, -0.05) is 12.8 Å². The van der Waals surface area contributed by atoms with Gasteiger partial charge >= 0.3 is 0 Å². The first-order valence-electron chi connectivity index (χ1n) is 8.16. The first kappa shape index (κ1) is 18.9. The summed E-state index contributed by atoms with van der Waals surface area (Å²) in [5.74, 6) is 0.517. The number of amides is 2. The van der Waals surface area contributed by atoms with Gasteiger partial charge in [0, 0.05) is 39.0 Å². The lowest BCUT2D eigenvalue weighted by atomic mass is 10.1. The Morgan fingerprint density at radius 2 is 0.900 bits per heavy atom. The normalized spacial score (nSPS) is 10.4. The number of rotatable bonds is 11. The lowest BCUT2D eigenvalue weighted by Crippen LogP contribution is -2.30. The molecule has 0 bridgehead atoms. The van der Waals surface area contributed by atoms with Crippen molar-refractivity contribution in [1.82, 2.24) is 9.80 Å². The topological polar surface area (TPSA) is 40.6 Å². The molecule has 0 saturated carbocycles. The monoisotopic (exact) mass is 284 g/mol. The van der Waals surface area contributed by atoms with Crippen molar-refractivity contribution in [1.29, 1.82) is 0 Å². The Bertz CT molecular complexity index is 244. The summed E-state index contributed by atoms with van der Waals surface area (Å²) < 4.78 is 0. The summed E-state index contributed by atoms with van der Waals surface area (Å²) in [6.07, 6.45) is 5.25. The van der Waals surface area contributed by atoms with E-state index in [0.717, 1.165) is 51.9 Å². The molecule has 0 spiro atoms. The number of unbranched alkanes of at least 4 members (excludes halogenated alkanes) is 3. The third-order valence-electron chi connectivity index (χ3n) is 3.76. The van der Waals surface area contributed by atoms with Crippen LogP contribution in [0.2, 0.25) is 0 Å². The van der Waals surface area contributed by atoms with Crippen molar-refractivity contribution in [2.24, 2.45) is 0 Å². The van der Waals surface area contributed by atoms with Crippen LogP contribution < -0.4 is 0 Å². The van der Waals surface area contributed by atoms with Crippen molar-refractivity contribution in [2.45, 2.75) is 66.2 Å². The summed E-state index contributed by atoms with van der Waals surface area (Å²) in [6.45, 7) is 11.3. The fourth-order valence-corrected chi connectivity index (χ4v) is 2.37. The van der Waals surface area contributed by atoms with Gasteiger partial charge in [-0.05, 0) is 40.5 Å². The van der Waals surface area contributed by atoms with E-state index in [1.165, 1.54) is 0 Å². The van der Waals surface area contributed by atoms with Crippen LogP contribution in [0.1, 0.15) is 66.2 Å². The Balaban J connectivity index is 3.63. The predicted molar refractivity (Wildman–Crippen MR) is 83.6 cm³/mol. The van der Waals surface area contributed by atoms with E-state index in [2.05, 4.69) is 0 Å². The van der Waals surface area contributed by atoms with E-state index in [9.17, 15) is 9.59 Å². The minimum atomic E-state index is 0.259. The Hall–Kier alpha value is -1.06. The minimum absolute atomic E-state index is 0.259. The highest BCUT2D eigenvalue weighted by Gasteiger charge is 2.10. The molecule has 20 heavy (non-hydrogen) atoms. The van der Waals surface area contributed by atoms with Crippen molar-refractivity contribution >= 4 is 11.8 Å². The van der Waals surface area contributed by atoms with Gasteiger partial charge in [-0.15, -0.1) is 0 Å². The maximum absolute atomic E-state index is 11.8. The van der Waals surface area contributed by atoms with Crippen LogP contribution >= 0.6 is 0 Å². The van der Waals surface area contributed by atoms with Crippen molar-refractivity contribution < 1.29 is 9.59 Å². The highest BCUT2D eigenvalue weighted by Crippen LogP contribution is 2.08. The predicted octanol–water partition coefficient (Wildman–Crippen LogP) is 3.06. The van der Waals surface area contributed by atoms with E-state index in [1.54, 1.807) is 0 Å². The average molecular weight is 284 g/mol. The molecule has 0 saturated heterocycles. The molecule has 118 valence electrons. The molecule has 0 fully saturated rings. The SMILES string of the molecule is CCN(CC)C(=O)CCCCCCC(=O)N(CC)CC. The second-order valence-corrected chi connectivity index (χ2v) is 5.05. The number of carbonyl (C=O) groups is 2. The first-order chi connectivity index (χ1) is 9.60. The number of hydrogen-bond donors (Lipinski definition) is 0. The molecular weight excluding hydrogens is 252 g/mol. The van der Waals surface area contributed by atoms with Crippen LogP contribution in [0.25, 0.3) is 0 Å². The van der Waals surface area contributed by atoms with Gasteiger partial charge in [-0.25, -0.2) is 0 Å². The third kappa shape index (κ3) is 7.51. The van der Waals surface area contributed by atoms with Gasteiger partial charge in [0.1, 0.15) is 0 Å². The molecule has 0 heterocycles. The average Bonchev–Trinajstić information content (AvgIpc) is 2.45. The molecule has 4 heteroatoms. The molecule has 0 radical (unpaired) electrons. The van der Waals surface area contributed by atoms with Gasteiger partial charge in [-0.3, -0.25) is 9.59 Å². The second kappa shape index (κ2) is 11.7. The molecule has 2 amide bonds. The molecule has 0 aliphatic heterocycles. The van der Waals surface area contributed by atoms with Crippen molar-refractivity contribution in [3.63, 3.8) is 0 Å². The van der Waals surface area contributed by atoms with Crippen molar-refractivity contribution in [2.75, 3.05) is 26.2 Å². The van der Waals surface area contributed by atoms with Crippen LogP contribution in [-0.2, 0) is 9.59 Å². The Morgan fingerprint density at radius 3 is 1.15 bits per heavy atom. The molecule has 0 aromatic heterocycles. The van der Waals surface area contributed by atoms with E-state index in [0.29, 0.717) is 12.8 Å². The third-order valence-corrected chi connectivity index (χ3v) is 3.76. The lowest BCUT2D eigenvalue weighted by Gasteiger charge is -2.19. The van der Waals surface area contributed by atoms with E-state index >= 15 is 0 Å². The van der Waals surface area contributed by atoms with E-state index in [4.69, 9.17) is 0 Å². The van der Waals surface area contributed by atoms with Crippen LogP contribution in [0, 0.1) is 0 Å². The summed E-state index contributed by atoms with van der Waals surface area (Å²) in [5, 5.41) is 0. The van der Waals surface area contributed by atoms with E-state index < -0.39 is 0 Å². The molecule has 0 aliphatic carbocycles. The highest BCUT2D eigenvalue weighted by molar-refractivity contribution is 5.76. The van der Waals surface area contributed by atoms with Gasteiger partial charge < -0.3 is 9.80 Å². The summed E-state index contributed by atoms with van der Waals surface area (Å²) in [6, 6.07) is 0. The number of carbonyl (C=O) groups excluding carboxylic acids is 2. The fraction of sp³-hybridized carbons (Fsp3) is 0.875. The zero-order valence-electron chi connectivity index (χ0n) is 13.8. The summed E-state index contributed by atoms with van der Waals surface area (Å²) >= 11 is 0. The van der Waals surface area contributed by atoms with Crippen LogP contribution in [0.3, 0.4) is 0 Å². The zero-order valence-corrected chi connectivity index (χ0v) is 13.8.